The van der Waals surface area contributed by atoms with Gasteiger partial charge in [0.1, 0.15) is 5.78 Å². The molecule has 0 rings (SSSR count). The van der Waals surface area contributed by atoms with Crippen molar-refractivity contribution in [2.75, 3.05) is 0 Å². The molecule has 0 aliphatic rings. The third-order valence-corrected chi connectivity index (χ3v) is 1.47. The summed E-state index contributed by atoms with van der Waals surface area (Å²) in [7, 11) is 0. The molecule has 0 heterocycles. The quantitative estimate of drug-likeness (QED) is 0.747. The number of nitrogens with two attached hydrogens (primary N) is 1. The van der Waals surface area contributed by atoms with Crippen LogP contribution in [-0.2, 0) is 4.79 Å². The minimum atomic E-state index is -4.36. The molecule has 5 heteroatoms. The standard InChI is InChI=1S/C8H14F3NO/c1-5(2)3-7(13)6(12)4-8(9,10)11/h5-6H,3-4,12H2,1-2H3. The maximum Gasteiger partial charge on any atom is 0.391 e. The van der Waals surface area contributed by atoms with Gasteiger partial charge in [0.25, 0.3) is 0 Å². The highest BCUT2D eigenvalue weighted by atomic mass is 19.4. The fraction of sp³-hybridized carbons (Fsp3) is 0.875. The molecule has 0 aliphatic carbocycles. The highest BCUT2D eigenvalue weighted by molar-refractivity contribution is 5.83. The topological polar surface area (TPSA) is 43.1 Å². The predicted octanol–water partition coefficient (Wildman–Crippen LogP) is 1.88. The molecule has 2 N–H and O–H groups in total. The van der Waals surface area contributed by atoms with Gasteiger partial charge < -0.3 is 5.73 Å². The molecule has 0 aliphatic heterocycles. The summed E-state index contributed by atoms with van der Waals surface area (Å²) in [5.74, 6) is -0.473. The van der Waals surface area contributed by atoms with Crippen molar-refractivity contribution in [2.45, 2.75) is 38.9 Å². The fourth-order valence-corrected chi connectivity index (χ4v) is 0.917. The average molecular weight is 197 g/mol. The average Bonchev–Trinajstić information content (AvgIpc) is 1.81. The van der Waals surface area contributed by atoms with Crippen LogP contribution in [0, 0.1) is 5.92 Å². The van der Waals surface area contributed by atoms with E-state index in [-0.39, 0.29) is 12.3 Å². The molecule has 0 aromatic heterocycles. The third-order valence-electron chi connectivity index (χ3n) is 1.47. The third kappa shape index (κ3) is 6.57. The van der Waals surface area contributed by atoms with E-state index in [0.717, 1.165) is 0 Å². The Morgan fingerprint density at radius 1 is 1.38 bits per heavy atom. The Morgan fingerprint density at radius 3 is 2.15 bits per heavy atom. The molecular weight excluding hydrogens is 183 g/mol. The van der Waals surface area contributed by atoms with Crippen LogP contribution < -0.4 is 5.73 Å². The SMILES string of the molecule is CC(C)CC(=O)C(N)CC(F)(F)F. The number of halogens is 3. The largest absolute Gasteiger partial charge is 0.391 e. The van der Waals surface area contributed by atoms with Crippen molar-refractivity contribution < 1.29 is 18.0 Å². The molecule has 0 radical (unpaired) electrons. The van der Waals surface area contributed by atoms with Gasteiger partial charge in [-0.1, -0.05) is 13.8 Å². The molecule has 78 valence electrons. The van der Waals surface area contributed by atoms with Gasteiger partial charge in [-0.2, -0.15) is 13.2 Å². The van der Waals surface area contributed by atoms with E-state index in [1.807, 2.05) is 0 Å². The summed E-state index contributed by atoms with van der Waals surface area (Å²) in [5, 5.41) is 0. The van der Waals surface area contributed by atoms with Gasteiger partial charge in [0.2, 0.25) is 0 Å². The van der Waals surface area contributed by atoms with Crippen LogP contribution in [0.3, 0.4) is 0 Å². The molecule has 0 saturated carbocycles. The first kappa shape index (κ1) is 12.4. The van der Waals surface area contributed by atoms with Crippen LogP contribution in [0.1, 0.15) is 26.7 Å². The normalized spacial score (nSPS) is 14.7. The number of ketones is 1. The molecule has 1 atom stereocenters. The van der Waals surface area contributed by atoms with E-state index in [1.165, 1.54) is 0 Å². The zero-order valence-electron chi connectivity index (χ0n) is 7.69. The van der Waals surface area contributed by atoms with Crippen LogP contribution in [0.2, 0.25) is 0 Å². The first-order valence-corrected chi connectivity index (χ1v) is 4.07. The van der Waals surface area contributed by atoms with Crippen molar-refractivity contribution in [3.63, 3.8) is 0 Å². The number of carbonyl (C=O) groups excluding carboxylic acids is 1. The molecule has 13 heavy (non-hydrogen) atoms. The Kier molecular flexibility index (Phi) is 4.39. The van der Waals surface area contributed by atoms with E-state index in [9.17, 15) is 18.0 Å². The van der Waals surface area contributed by atoms with Crippen LogP contribution in [0.5, 0.6) is 0 Å². The number of alkyl halides is 3. The van der Waals surface area contributed by atoms with Gasteiger partial charge in [-0.25, -0.2) is 0 Å². The van der Waals surface area contributed by atoms with E-state index < -0.39 is 24.4 Å². The van der Waals surface area contributed by atoms with Gasteiger partial charge in [0.05, 0.1) is 12.5 Å². The summed E-state index contributed by atoms with van der Waals surface area (Å²) in [6.45, 7) is 3.52. The molecule has 1 unspecified atom stereocenters. The molecule has 0 fully saturated rings. The summed E-state index contributed by atoms with van der Waals surface area (Å²) in [5.41, 5.74) is 5.08. The van der Waals surface area contributed by atoms with Crippen LogP contribution in [0.15, 0.2) is 0 Å². The molecule has 0 saturated heterocycles. The zero-order valence-corrected chi connectivity index (χ0v) is 7.69. The second-order valence-corrected chi connectivity index (χ2v) is 3.49. The number of hydrogen-bond donors (Lipinski definition) is 1. The van der Waals surface area contributed by atoms with E-state index in [0.29, 0.717) is 0 Å². The first-order chi connectivity index (χ1) is 5.72. The van der Waals surface area contributed by atoms with Gasteiger partial charge in [-0.05, 0) is 5.92 Å². The Bertz CT molecular complexity index is 177. The van der Waals surface area contributed by atoms with Crippen LogP contribution >= 0.6 is 0 Å². The van der Waals surface area contributed by atoms with Gasteiger partial charge >= 0.3 is 6.18 Å². The van der Waals surface area contributed by atoms with Crippen LogP contribution in [-0.4, -0.2) is 18.0 Å². The molecule has 2 nitrogen and oxygen atoms in total. The highest BCUT2D eigenvalue weighted by Gasteiger charge is 2.33. The van der Waals surface area contributed by atoms with Gasteiger partial charge in [-0.3, -0.25) is 4.79 Å². The lowest BCUT2D eigenvalue weighted by molar-refractivity contribution is -0.146. The Morgan fingerprint density at radius 2 is 1.85 bits per heavy atom. The molecule has 0 aromatic carbocycles. The minimum Gasteiger partial charge on any atom is -0.321 e. The highest BCUT2D eigenvalue weighted by Crippen LogP contribution is 2.21. The van der Waals surface area contributed by atoms with E-state index in [1.54, 1.807) is 13.8 Å². The van der Waals surface area contributed by atoms with Crippen molar-refractivity contribution in [3.05, 3.63) is 0 Å². The summed E-state index contributed by atoms with van der Waals surface area (Å²) < 4.78 is 35.3. The molecule has 0 spiro atoms. The zero-order chi connectivity index (χ0) is 10.6. The predicted molar refractivity (Wildman–Crippen MR) is 43.1 cm³/mol. The second kappa shape index (κ2) is 4.60. The molecule has 0 amide bonds. The lowest BCUT2D eigenvalue weighted by atomic mass is 10.0. The van der Waals surface area contributed by atoms with E-state index in [4.69, 9.17) is 5.73 Å². The Balaban J connectivity index is 3.97. The number of carbonyl (C=O) groups is 1. The summed E-state index contributed by atoms with van der Waals surface area (Å²) in [4.78, 5) is 11.0. The Labute approximate surface area is 75.3 Å². The van der Waals surface area contributed by atoms with Gasteiger partial charge in [0, 0.05) is 6.42 Å². The summed E-state index contributed by atoms with van der Waals surface area (Å²) >= 11 is 0. The van der Waals surface area contributed by atoms with Gasteiger partial charge in [0.15, 0.2) is 0 Å². The van der Waals surface area contributed by atoms with Crippen LogP contribution in [0.4, 0.5) is 13.2 Å². The molecule has 0 bridgehead atoms. The first-order valence-electron chi connectivity index (χ1n) is 4.07. The monoisotopic (exact) mass is 197 g/mol. The maximum absolute atomic E-state index is 11.8. The van der Waals surface area contributed by atoms with Crippen molar-refractivity contribution in [1.29, 1.82) is 0 Å². The van der Waals surface area contributed by atoms with Crippen molar-refractivity contribution >= 4 is 5.78 Å². The smallest absolute Gasteiger partial charge is 0.321 e. The van der Waals surface area contributed by atoms with E-state index in [2.05, 4.69) is 0 Å². The summed E-state index contributed by atoms with van der Waals surface area (Å²) in [6, 6.07) is -1.40. The van der Waals surface area contributed by atoms with Crippen molar-refractivity contribution in [3.8, 4) is 0 Å². The maximum atomic E-state index is 11.8. The molecule has 0 aromatic rings. The second-order valence-electron chi connectivity index (χ2n) is 3.49. The summed E-state index contributed by atoms with van der Waals surface area (Å²) in [6.07, 6.45) is -5.47. The van der Waals surface area contributed by atoms with Gasteiger partial charge in [-0.15, -0.1) is 0 Å². The van der Waals surface area contributed by atoms with E-state index >= 15 is 0 Å². The lowest BCUT2D eigenvalue weighted by Gasteiger charge is -2.13. The number of hydrogen-bond acceptors (Lipinski definition) is 2. The lowest BCUT2D eigenvalue weighted by Crippen LogP contribution is -2.35. The van der Waals surface area contributed by atoms with Crippen molar-refractivity contribution in [1.82, 2.24) is 0 Å². The number of Topliss-reactive ketones (excluding diaryl/α,β-unsaturated/α-hetero) is 1. The number of rotatable bonds is 4. The van der Waals surface area contributed by atoms with Crippen molar-refractivity contribution in [2.24, 2.45) is 11.7 Å². The molecular formula is C8H14F3NO. The Hall–Kier alpha value is -0.580. The minimum absolute atomic E-state index is 0.0479. The van der Waals surface area contributed by atoms with Crippen LogP contribution in [0.25, 0.3) is 0 Å². The fourth-order valence-electron chi connectivity index (χ4n) is 0.917.